The van der Waals surface area contributed by atoms with Gasteiger partial charge in [0.2, 0.25) is 0 Å². The molecule has 3 aromatic carbocycles. The van der Waals surface area contributed by atoms with Crippen LogP contribution < -0.4 is 9.54 Å². The zero-order valence-electron chi connectivity index (χ0n) is 19.6. The third-order valence-corrected chi connectivity index (χ3v) is 6.16. The third-order valence-electron chi connectivity index (χ3n) is 5.11. The van der Waals surface area contributed by atoms with Crippen LogP contribution in [0.15, 0.2) is 77.8 Å². The number of nitrogens with zero attached hydrogens (tertiary/aromatic N) is 2. The number of rotatable bonds is 9. The van der Waals surface area contributed by atoms with Crippen LogP contribution in [0.25, 0.3) is 10.2 Å². The number of amides is 1. The number of hydrogen-bond acceptors (Lipinski definition) is 6. The van der Waals surface area contributed by atoms with Gasteiger partial charge in [0, 0.05) is 18.7 Å². The number of aromatic nitrogens is 1. The lowest BCUT2D eigenvalue weighted by atomic mass is 10.2. The number of thiazole rings is 1. The van der Waals surface area contributed by atoms with E-state index in [1.54, 1.807) is 43.3 Å². The number of fused-ring (bicyclic) bond motifs is 1. The summed E-state index contributed by atoms with van der Waals surface area (Å²) in [5.74, 6) is 0.473. The van der Waals surface area contributed by atoms with Crippen LogP contribution in [-0.2, 0) is 16.0 Å². The second-order valence-electron chi connectivity index (χ2n) is 7.50. The summed E-state index contributed by atoms with van der Waals surface area (Å²) in [6, 6.07) is 21.7. The van der Waals surface area contributed by atoms with Crippen molar-refractivity contribution in [1.82, 2.24) is 4.57 Å². The molecule has 0 saturated heterocycles. The van der Waals surface area contributed by atoms with E-state index in [-0.39, 0.29) is 11.9 Å². The summed E-state index contributed by atoms with van der Waals surface area (Å²) in [7, 11) is 0. The van der Waals surface area contributed by atoms with Gasteiger partial charge in [0.15, 0.2) is 4.80 Å². The van der Waals surface area contributed by atoms with Crippen LogP contribution in [0.1, 0.15) is 34.6 Å². The lowest BCUT2D eigenvalue weighted by Gasteiger charge is -2.07. The lowest BCUT2D eigenvalue weighted by Crippen LogP contribution is -2.19. The second-order valence-corrected chi connectivity index (χ2v) is 8.51. The number of ether oxygens (including phenoxy) is 3. The highest BCUT2D eigenvalue weighted by Crippen LogP contribution is 2.23. The zero-order chi connectivity index (χ0) is 24.6. The van der Waals surface area contributed by atoms with Crippen molar-refractivity contribution in [1.29, 1.82) is 0 Å². The molecule has 0 aliphatic carbocycles. The summed E-state index contributed by atoms with van der Waals surface area (Å²) in [4.78, 5) is 30.2. The van der Waals surface area contributed by atoms with E-state index in [0.717, 1.165) is 10.2 Å². The molecule has 0 unspecified atom stereocenters. The number of carbonyl (C=O) groups is 2. The average molecular weight is 491 g/mol. The summed E-state index contributed by atoms with van der Waals surface area (Å²) in [5.41, 5.74) is 1.75. The largest absolute Gasteiger partial charge is 0.462 e. The van der Waals surface area contributed by atoms with E-state index in [9.17, 15) is 9.59 Å². The number of hydrogen-bond donors (Lipinski definition) is 0. The Hall–Kier alpha value is -3.75. The first-order valence-electron chi connectivity index (χ1n) is 11.4. The van der Waals surface area contributed by atoms with Gasteiger partial charge in [-0.1, -0.05) is 35.6 Å². The first-order chi connectivity index (χ1) is 17.1. The van der Waals surface area contributed by atoms with Gasteiger partial charge in [-0.15, -0.1) is 0 Å². The van der Waals surface area contributed by atoms with E-state index >= 15 is 0 Å². The van der Waals surface area contributed by atoms with E-state index in [4.69, 9.17) is 14.2 Å². The molecular formula is C27H26N2O5S. The molecule has 1 heterocycles. The maximum atomic E-state index is 13.1. The minimum Gasteiger partial charge on any atom is -0.462 e. The smallest absolute Gasteiger partial charge is 0.338 e. The van der Waals surface area contributed by atoms with Gasteiger partial charge in [-0.2, -0.15) is 4.99 Å². The van der Waals surface area contributed by atoms with Crippen LogP contribution in [0.4, 0.5) is 0 Å². The van der Waals surface area contributed by atoms with Gasteiger partial charge in [0.1, 0.15) is 11.5 Å². The van der Waals surface area contributed by atoms with Gasteiger partial charge in [0.25, 0.3) is 5.91 Å². The van der Waals surface area contributed by atoms with Crippen LogP contribution in [-0.4, -0.2) is 36.3 Å². The number of carbonyl (C=O) groups excluding carboxylic acids is 2. The fourth-order valence-electron chi connectivity index (χ4n) is 3.48. The monoisotopic (exact) mass is 490 g/mol. The number of esters is 1. The molecule has 0 N–H and O–H groups in total. The summed E-state index contributed by atoms with van der Waals surface area (Å²) >= 11 is 1.34. The molecule has 35 heavy (non-hydrogen) atoms. The minimum atomic E-state index is -0.383. The summed E-state index contributed by atoms with van der Waals surface area (Å²) in [6.07, 6.45) is 0. The molecule has 8 heteroatoms. The van der Waals surface area contributed by atoms with Gasteiger partial charge in [0.05, 0.1) is 29.0 Å². The maximum absolute atomic E-state index is 13.1. The minimum absolute atomic E-state index is 0.303. The van der Waals surface area contributed by atoms with Crippen molar-refractivity contribution < 1.29 is 23.8 Å². The van der Waals surface area contributed by atoms with Crippen molar-refractivity contribution >= 4 is 33.4 Å². The average Bonchev–Trinajstić information content (AvgIpc) is 3.21. The topological polar surface area (TPSA) is 79.1 Å². The molecule has 0 radical (unpaired) electrons. The van der Waals surface area contributed by atoms with Crippen molar-refractivity contribution in [2.45, 2.75) is 20.4 Å². The molecule has 180 valence electrons. The summed E-state index contributed by atoms with van der Waals surface area (Å²) < 4.78 is 19.3. The van der Waals surface area contributed by atoms with E-state index in [2.05, 4.69) is 4.99 Å². The highest BCUT2D eigenvalue weighted by atomic mass is 32.1. The predicted octanol–water partition coefficient (Wildman–Crippen LogP) is 5.45. The highest BCUT2D eigenvalue weighted by Gasteiger charge is 2.13. The Labute approximate surface area is 207 Å². The number of para-hydroxylation sites is 1. The Morgan fingerprint density at radius 2 is 1.69 bits per heavy atom. The fraction of sp³-hybridized carbons (Fsp3) is 0.222. The van der Waals surface area contributed by atoms with Crippen LogP contribution in [0, 0.1) is 0 Å². The molecule has 0 fully saturated rings. The van der Waals surface area contributed by atoms with Crippen molar-refractivity contribution in [2.24, 2.45) is 4.99 Å². The van der Waals surface area contributed by atoms with Crippen molar-refractivity contribution in [3.63, 3.8) is 0 Å². The Morgan fingerprint density at radius 3 is 2.46 bits per heavy atom. The van der Waals surface area contributed by atoms with Gasteiger partial charge in [-0.25, -0.2) is 4.79 Å². The van der Waals surface area contributed by atoms with E-state index in [1.807, 2.05) is 47.9 Å². The molecule has 1 aromatic heterocycles. The molecule has 0 atom stereocenters. The zero-order valence-corrected chi connectivity index (χ0v) is 20.4. The van der Waals surface area contributed by atoms with E-state index in [0.29, 0.717) is 53.8 Å². The second kappa shape index (κ2) is 11.6. The molecular weight excluding hydrogens is 464 g/mol. The quantitative estimate of drug-likeness (QED) is 0.230. The molecule has 4 aromatic rings. The molecule has 0 spiro atoms. The highest BCUT2D eigenvalue weighted by molar-refractivity contribution is 7.16. The van der Waals surface area contributed by atoms with Crippen LogP contribution >= 0.6 is 11.3 Å². The lowest BCUT2D eigenvalue weighted by molar-refractivity contribution is 0.0526. The predicted molar refractivity (Wildman–Crippen MR) is 135 cm³/mol. The van der Waals surface area contributed by atoms with Gasteiger partial charge < -0.3 is 18.8 Å². The normalized spacial score (nSPS) is 11.5. The van der Waals surface area contributed by atoms with E-state index < -0.39 is 0 Å². The molecule has 7 nitrogen and oxygen atoms in total. The van der Waals surface area contributed by atoms with E-state index in [1.165, 1.54) is 11.3 Å². The first-order valence-corrected chi connectivity index (χ1v) is 12.2. The first kappa shape index (κ1) is 24.4. The summed E-state index contributed by atoms with van der Waals surface area (Å²) in [6.45, 7) is 5.60. The van der Waals surface area contributed by atoms with Crippen LogP contribution in [0.2, 0.25) is 0 Å². The summed E-state index contributed by atoms with van der Waals surface area (Å²) in [5, 5.41) is 0. The Balaban J connectivity index is 1.68. The van der Waals surface area contributed by atoms with Gasteiger partial charge >= 0.3 is 5.97 Å². The fourth-order valence-corrected chi connectivity index (χ4v) is 4.58. The molecule has 0 saturated carbocycles. The van der Waals surface area contributed by atoms with Crippen molar-refractivity contribution in [2.75, 3.05) is 19.8 Å². The SMILES string of the molecule is CCOCCn1c(=NC(=O)c2cccc(Oc3ccccc3)c2)sc2cc(C(=O)OCC)ccc21. The molecule has 0 aliphatic rings. The maximum Gasteiger partial charge on any atom is 0.338 e. The number of benzene rings is 3. The molecule has 4 rings (SSSR count). The van der Waals surface area contributed by atoms with Gasteiger partial charge in [-0.05, 0) is 62.4 Å². The van der Waals surface area contributed by atoms with Crippen LogP contribution in [0.3, 0.4) is 0 Å². The molecule has 0 aliphatic heterocycles. The van der Waals surface area contributed by atoms with Crippen molar-refractivity contribution in [3.8, 4) is 11.5 Å². The Kier molecular flexibility index (Phi) is 8.07. The third kappa shape index (κ3) is 6.03. The van der Waals surface area contributed by atoms with Crippen LogP contribution in [0.5, 0.6) is 11.5 Å². The van der Waals surface area contributed by atoms with Gasteiger partial charge in [-0.3, -0.25) is 4.79 Å². The van der Waals surface area contributed by atoms with Crippen molar-refractivity contribution in [3.05, 3.63) is 88.7 Å². The standard InChI is InChI=1S/C27H26N2O5S/c1-3-32-16-15-29-23-14-13-20(26(31)33-4-2)18-24(23)35-27(29)28-25(30)19-9-8-12-22(17-19)34-21-10-6-5-7-11-21/h5-14,17-18H,3-4,15-16H2,1-2H3. The Bertz CT molecular complexity index is 1390. The Morgan fingerprint density at radius 1 is 0.886 bits per heavy atom. The molecule has 0 bridgehead atoms. The molecule has 1 amide bonds.